The molecule has 0 spiro atoms. The molecule has 0 radical (unpaired) electrons. The molecule has 1 aliphatic rings. The Morgan fingerprint density at radius 3 is 3.19 bits per heavy atom. The number of rotatable bonds is 5. The molecule has 1 aliphatic heterocycles. The van der Waals surface area contributed by atoms with Crippen molar-refractivity contribution in [3.63, 3.8) is 0 Å². The quantitative estimate of drug-likeness (QED) is 0.636. The van der Waals surface area contributed by atoms with E-state index in [1.54, 1.807) is 18.3 Å². The van der Waals surface area contributed by atoms with Gasteiger partial charge in [-0.15, -0.1) is 0 Å². The molecule has 1 saturated heterocycles. The molecule has 4 rings (SSSR count). The van der Waals surface area contributed by atoms with E-state index < -0.39 is 0 Å². The van der Waals surface area contributed by atoms with E-state index in [1.165, 1.54) is 18.5 Å². The van der Waals surface area contributed by atoms with Gasteiger partial charge in [-0.25, -0.2) is 14.4 Å². The number of amides is 1. The van der Waals surface area contributed by atoms with Gasteiger partial charge in [0.05, 0.1) is 18.1 Å². The van der Waals surface area contributed by atoms with Crippen LogP contribution < -0.4 is 10.6 Å². The number of aromatic nitrogens is 4. The lowest BCUT2D eigenvalue weighted by molar-refractivity contribution is -0.130. The van der Waals surface area contributed by atoms with Crippen LogP contribution in [-0.2, 0) is 4.79 Å². The van der Waals surface area contributed by atoms with Crippen LogP contribution in [-0.4, -0.2) is 56.6 Å². The zero-order chi connectivity index (χ0) is 18.6. The minimum atomic E-state index is -0.329. The normalized spacial score (nSPS) is 17.1. The van der Waals surface area contributed by atoms with E-state index in [1.807, 2.05) is 4.90 Å². The van der Waals surface area contributed by atoms with Gasteiger partial charge in [0.25, 0.3) is 0 Å². The number of H-pyrrole nitrogens is 1. The fourth-order valence-corrected chi connectivity index (χ4v) is 3.28. The van der Waals surface area contributed by atoms with Crippen LogP contribution in [0.4, 0.5) is 15.9 Å². The van der Waals surface area contributed by atoms with Crippen LogP contribution in [0.15, 0.2) is 36.8 Å². The molecule has 8 nitrogen and oxygen atoms in total. The number of nitrogens with zero attached hydrogens (tertiary/aromatic N) is 4. The molecular formula is C18H20FN7O. The summed E-state index contributed by atoms with van der Waals surface area (Å²) in [5.41, 5.74) is 1.27. The fourth-order valence-electron chi connectivity index (χ4n) is 3.28. The number of benzene rings is 1. The second kappa shape index (κ2) is 7.56. The predicted octanol–water partition coefficient (Wildman–Crippen LogP) is 2.01. The molecule has 3 heterocycles. The summed E-state index contributed by atoms with van der Waals surface area (Å²) in [6.07, 6.45) is 5.03. The van der Waals surface area contributed by atoms with Crippen LogP contribution >= 0.6 is 0 Å². The first kappa shape index (κ1) is 17.2. The summed E-state index contributed by atoms with van der Waals surface area (Å²) in [5, 5.41) is 14.0. The van der Waals surface area contributed by atoms with Crippen molar-refractivity contribution in [1.29, 1.82) is 0 Å². The van der Waals surface area contributed by atoms with Crippen LogP contribution in [0, 0.1) is 5.82 Å². The highest BCUT2D eigenvalue weighted by Crippen LogP contribution is 2.20. The summed E-state index contributed by atoms with van der Waals surface area (Å²) < 4.78 is 13.2. The van der Waals surface area contributed by atoms with Crippen LogP contribution in [0.1, 0.15) is 12.8 Å². The largest absolute Gasteiger partial charge is 0.376 e. The fraction of sp³-hybridized carbons (Fsp3) is 0.333. The zero-order valence-electron chi connectivity index (χ0n) is 14.7. The lowest BCUT2D eigenvalue weighted by atomic mass is 10.1. The zero-order valence-corrected chi connectivity index (χ0v) is 14.7. The topological polar surface area (TPSA) is 98.8 Å². The number of likely N-dealkylation sites (tertiary alicyclic amines) is 1. The van der Waals surface area contributed by atoms with Crippen molar-refractivity contribution in [2.75, 3.05) is 30.3 Å². The maximum Gasteiger partial charge on any atom is 0.241 e. The molecule has 140 valence electrons. The van der Waals surface area contributed by atoms with E-state index in [0.29, 0.717) is 30.2 Å². The molecule has 0 saturated carbocycles. The van der Waals surface area contributed by atoms with Crippen LogP contribution in [0.2, 0.25) is 0 Å². The van der Waals surface area contributed by atoms with Gasteiger partial charge < -0.3 is 15.5 Å². The first-order valence-electron chi connectivity index (χ1n) is 8.87. The highest BCUT2D eigenvalue weighted by Gasteiger charge is 2.24. The second-order valence-electron chi connectivity index (χ2n) is 6.54. The standard InChI is InChI=1S/C18H20FN7O/c19-12-3-1-4-13(7-12)20-9-16(27)26-6-2-5-14(10-26)24-17-15-8-23-25-18(15)22-11-21-17/h1,3-4,7-8,11,14,20H,2,5-6,9-10H2,(H2,21,22,23,24,25)/t14-/m0/s1. The predicted molar refractivity (Wildman–Crippen MR) is 99.8 cm³/mol. The maximum absolute atomic E-state index is 13.2. The number of hydrogen-bond donors (Lipinski definition) is 3. The Balaban J connectivity index is 1.36. The number of carbonyl (C=O) groups excluding carboxylic acids is 1. The third-order valence-corrected chi connectivity index (χ3v) is 4.63. The van der Waals surface area contributed by atoms with Crippen molar-refractivity contribution < 1.29 is 9.18 Å². The number of hydrogen-bond acceptors (Lipinski definition) is 6. The molecule has 27 heavy (non-hydrogen) atoms. The van der Waals surface area contributed by atoms with E-state index in [0.717, 1.165) is 18.2 Å². The molecule has 3 N–H and O–H groups in total. The third kappa shape index (κ3) is 3.97. The summed E-state index contributed by atoms with van der Waals surface area (Å²) in [7, 11) is 0. The number of aromatic amines is 1. The average Bonchev–Trinajstić information content (AvgIpc) is 3.16. The average molecular weight is 369 g/mol. The Kier molecular flexibility index (Phi) is 4.82. The van der Waals surface area contributed by atoms with Gasteiger partial charge in [-0.1, -0.05) is 6.07 Å². The van der Waals surface area contributed by atoms with Crippen LogP contribution in [0.5, 0.6) is 0 Å². The van der Waals surface area contributed by atoms with Crippen LogP contribution in [0.25, 0.3) is 11.0 Å². The van der Waals surface area contributed by atoms with Crippen molar-refractivity contribution in [2.24, 2.45) is 0 Å². The summed E-state index contributed by atoms with van der Waals surface area (Å²) in [6.45, 7) is 1.44. The van der Waals surface area contributed by atoms with Gasteiger partial charge in [0.2, 0.25) is 5.91 Å². The van der Waals surface area contributed by atoms with Crippen molar-refractivity contribution >= 4 is 28.4 Å². The van der Waals surface area contributed by atoms with Gasteiger partial charge in [-0.05, 0) is 31.0 Å². The number of carbonyl (C=O) groups is 1. The van der Waals surface area contributed by atoms with Crippen molar-refractivity contribution in [1.82, 2.24) is 25.1 Å². The minimum absolute atomic E-state index is 0.0121. The van der Waals surface area contributed by atoms with Gasteiger partial charge in [0.15, 0.2) is 5.65 Å². The Morgan fingerprint density at radius 1 is 1.37 bits per heavy atom. The summed E-state index contributed by atoms with van der Waals surface area (Å²) in [5.74, 6) is 0.373. The molecule has 1 amide bonds. The summed E-state index contributed by atoms with van der Waals surface area (Å²) in [6, 6.07) is 6.20. The van der Waals surface area contributed by atoms with E-state index in [4.69, 9.17) is 0 Å². The lowest BCUT2D eigenvalue weighted by Gasteiger charge is -2.33. The molecule has 1 aromatic carbocycles. The first-order valence-corrected chi connectivity index (χ1v) is 8.87. The number of anilines is 2. The van der Waals surface area contributed by atoms with Gasteiger partial charge >= 0.3 is 0 Å². The van der Waals surface area contributed by atoms with Crippen molar-refractivity contribution in [2.45, 2.75) is 18.9 Å². The highest BCUT2D eigenvalue weighted by molar-refractivity contribution is 5.85. The number of fused-ring (bicyclic) bond motifs is 1. The van der Waals surface area contributed by atoms with Crippen molar-refractivity contribution in [3.05, 3.63) is 42.6 Å². The van der Waals surface area contributed by atoms with E-state index in [9.17, 15) is 9.18 Å². The minimum Gasteiger partial charge on any atom is -0.376 e. The Labute approximate surface area is 155 Å². The van der Waals surface area contributed by atoms with E-state index >= 15 is 0 Å². The second-order valence-corrected chi connectivity index (χ2v) is 6.54. The van der Waals surface area contributed by atoms with Crippen molar-refractivity contribution in [3.8, 4) is 0 Å². The smallest absolute Gasteiger partial charge is 0.241 e. The summed E-state index contributed by atoms with van der Waals surface area (Å²) in [4.78, 5) is 22.8. The molecule has 0 bridgehead atoms. The molecule has 1 atom stereocenters. The molecule has 1 fully saturated rings. The Morgan fingerprint density at radius 2 is 2.30 bits per heavy atom. The first-order chi connectivity index (χ1) is 13.2. The van der Waals surface area contributed by atoms with Gasteiger partial charge in [0, 0.05) is 24.8 Å². The Hall–Kier alpha value is -3.23. The molecule has 0 unspecified atom stereocenters. The number of nitrogens with one attached hydrogen (secondary N) is 3. The van der Waals surface area contributed by atoms with Gasteiger partial charge in [0.1, 0.15) is 18.0 Å². The Bertz CT molecular complexity index is 944. The van der Waals surface area contributed by atoms with E-state index in [-0.39, 0.29) is 24.3 Å². The number of halogens is 1. The lowest BCUT2D eigenvalue weighted by Crippen LogP contribution is -2.47. The summed E-state index contributed by atoms with van der Waals surface area (Å²) >= 11 is 0. The highest BCUT2D eigenvalue weighted by atomic mass is 19.1. The number of piperidine rings is 1. The van der Waals surface area contributed by atoms with Gasteiger partial charge in [-0.2, -0.15) is 5.10 Å². The molecule has 2 aromatic heterocycles. The molecular weight excluding hydrogens is 349 g/mol. The van der Waals surface area contributed by atoms with Gasteiger partial charge in [-0.3, -0.25) is 9.89 Å². The monoisotopic (exact) mass is 369 g/mol. The molecule has 9 heteroatoms. The van der Waals surface area contributed by atoms with E-state index in [2.05, 4.69) is 30.8 Å². The maximum atomic E-state index is 13.2. The SMILES string of the molecule is O=C(CNc1cccc(F)c1)N1CCC[C@H](Nc2ncnc3[nH]ncc23)C1. The molecule has 3 aromatic rings. The third-order valence-electron chi connectivity index (χ3n) is 4.63. The van der Waals surface area contributed by atoms with Crippen LogP contribution in [0.3, 0.4) is 0 Å². The molecule has 0 aliphatic carbocycles.